The summed E-state index contributed by atoms with van der Waals surface area (Å²) in [6.07, 6.45) is 66.9. The molecule has 0 rings (SSSR count). The number of carbonyl (C=O) groups excluding carboxylic acids is 2. The number of likely N-dealkylation sites (N-methyl/N-ethyl adjacent to an activating group) is 1. The van der Waals surface area contributed by atoms with Gasteiger partial charge in [0.05, 0.1) is 33.8 Å². The number of quaternary nitrogens is 1. The number of nitrogens with one attached hydrogen (secondary N) is 1. The molecular weight excluding hydrogens is 952 g/mol. The molecule has 442 valence electrons. The van der Waals surface area contributed by atoms with Gasteiger partial charge >= 0.3 is 5.97 Å². The second-order valence-electron chi connectivity index (χ2n) is 23.3. The summed E-state index contributed by atoms with van der Waals surface area (Å²) in [6.45, 7) is 6.85. The van der Waals surface area contributed by atoms with Gasteiger partial charge in [-0.15, -0.1) is 0 Å². The highest BCUT2D eigenvalue weighted by Gasteiger charge is 2.27. The Balaban J connectivity index is 5.02. The molecule has 0 radical (unpaired) electrons. The van der Waals surface area contributed by atoms with E-state index in [2.05, 4.69) is 50.4 Å². The van der Waals surface area contributed by atoms with Crippen molar-refractivity contribution in [1.29, 1.82) is 0 Å². The lowest BCUT2D eigenvalue weighted by molar-refractivity contribution is -0.870. The minimum atomic E-state index is -4.69. The fraction of sp³-hybridized carbons (Fsp3) is 0.877. The Bertz CT molecular complexity index is 1380. The summed E-state index contributed by atoms with van der Waals surface area (Å²) in [5.74, 6) is -0.527. The number of esters is 1. The van der Waals surface area contributed by atoms with Gasteiger partial charge in [0.1, 0.15) is 19.3 Å². The Morgan fingerprint density at radius 1 is 0.467 bits per heavy atom. The van der Waals surface area contributed by atoms with Crippen molar-refractivity contribution in [2.24, 2.45) is 0 Å². The Morgan fingerprint density at radius 3 is 1.23 bits per heavy atom. The fourth-order valence-corrected chi connectivity index (χ4v) is 10.3. The SMILES string of the molecule is CCCCC/C=C\C/C=C\CCCCCCCCCCCCCCCCCC(=O)OC(/C=C\CCCCCCCCCCC)C(COP(=O)([O-])OCC[N+](C)(C)C)NC(=O)CCCCCCCCCCCCCCC. The standard InChI is InChI=1S/C65H125N2O7P/c1-7-10-13-16-19-22-25-27-28-29-30-31-32-33-34-35-36-37-38-40-43-46-49-52-55-58-65(69)74-63(56-53-50-47-44-41-24-21-18-15-12-9-3)62(61-73-75(70,71)72-60-59-67(4,5)6)66-64(68)57-54-51-48-45-42-39-26-23-20-17-14-11-8-2/h19,22,27-28,53,56,62-63H,7-18,20-21,23-26,29-52,54-55,57-61H2,1-6H3,(H-,66,68,70,71)/b22-19-,28-27-,56-53-. The normalized spacial score (nSPS) is 13.9. The molecule has 9 nitrogen and oxygen atoms in total. The average Bonchev–Trinajstić information content (AvgIpc) is 3.37. The highest BCUT2D eigenvalue weighted by molar-refractivity contribution is 7.45. The summed E-state index contributed by atoms with van der Waals surface area (Å²) in [4.78, 5) is 39.9. The van der Waals surface area contributed by atoms with E-state index >= 15 is 0 Å². The first kappa shape index (κ1) is 73.2. The minimum Gasteiger partial charge on any atom is -0.756 e. The Kier molecular flexibility index (Phi) is 54.2. The van der Waals surface area contributed by atoms with Crippen molar-refractivity contribution in [3.05, 3.63) is 36.5 Å². The molecular formula is C65H125N2O7P. The van der Waals surface area contributed by atoms with E-state index in [1.807, 2.05) is 33.3 Å². The monoisotopic (exact) mass is 1080 g/mol. The van der Waals surface area contributed by atoms with Gasteiger partial charge in [0, 0.05) is 12.8 Å². The summed E-state index contributed by atoms with van der Waals surface area (Å²) in [7, 11) is 1.20. The van der Waals surface area contributed by atoms with Crippen molar-refractivity contribution in [3.63, 3.8) is 0 Å². The van der Waals surface area contributed by atoms with Crippen LogP contribution in [-0.2, 0) is 27.9 Å². The van der Waals surface area contributed by atoms with Crippen molar-refractivity contribution < 1.29 is 37.3 Å². The number of phosphoric ester groups is 1. The average molecular weight is 1080 g/mol. The predicted octanol–water partition coefficient (Wildman–Crippen LogP) is 19.3. The van der Waals surface area contributed by atoms with E-state index in [4.69, 9.17) is 13.8 Å². The van der Waals surface area contributed by atoms with Crippen molar-refractivity contribution in [3.8, 4) is 0 Å². The Hall–Kier alpha value is -1.77. The van der Waals surface area contributed by atoms with E-state index in [-0.39, 0.29) is 31.5 Å². The third-order valence-corrected chi connectivity index (χ3v) is 15.5. The zero-order valence-electron chi connectivity index (χ0n) is 50.5. The lowest BCUT2D eigenvalue weighted by atomic mass is 10.0. The molecule has 1 N–H and O–H groups in total. The third kappa shape index (κ3) is 56.8. The summed E-state index contributed by atoms with van der Waals surface area (Å²) in [6, 6.07) is -0.882. The first-order chi connectivity index (χ1) is 36.4. The summed E-state index contributed by atoms with van der Waals surface area (Å²) >= 11 is 0. The molecule has 10 heteroatoms. The first-order valence-electron chi connectivity index (χ1n) is 32.3. The number of rotatable bonds is 59. The number of hydrogen-bond acceptors (Lipinski definition) is 7. The maximum absolute atomic E-state index is 13.5. The van der Waals surface area contributed by atoms with Crippen LogP contribution in [0, 0.1) is 0 Å². The fourth-order valence-electron chi connectivity index (χ4n) is 9.55. The molecule has 0 aromatic carbocycles. The molecule has 0 spiro atoms. The maximum atomic E-state index is 13.5. The highest BCUT2D eigenvalue weighted by Crippen LogP contribution is 2.38. The van der Waals surface area contributed by atoms with Crippen LogP contribution in [0.3, 0.4) is 0 Å². The van der Waals surface area contributed by atoms with Crippen LogP contribution in [0.5, 0.6) is 0 Å². The third-order valence-electron chi connectivity index (χ3n) is 14.6. The van der Waals surface area contributed by atoms with E-state index in [0.717, 1.165) is 64.2 Å². The molecule has 0 saturated carbocycles. The van der Waals surface area contributed by atoms with Crippen molar-refractivity contribution in [2.75, 3.05) is 40.9 Å². The first-order valence-corrected chi connectivity index (χ1v) is 33.8. The van der Waals surface area contributed by atoms with E-state index in [0.29, 0.717) is 17.4 Å². The molecule has 0 aromatic heterocycles. The van der Waals surface area contributed by atoms with Crippen molar-refractivity contribution in [1.82, 2.24) is 5.32 Å². The van der Waals surface area contributed by atoms with Crippen LogP contribution in [0.15, 0.2) is 36.5 Å². The van der Waals surface area contributed by atoms with E-state index < -0.39 is 20.0 Å². The molecule has 3 unspecified atom stereocenters. The molecule has 0 fully saturated rings. The molecule has 3 atom stereocenters. The minimum absolute atomic E-state index is 0.0192. The van der Waals surface area contributed by atoms with Crippen molar-refractivity contribution in [2.45, 2.75) is 328 Å². The van der Waals surface area contributed by atoms with Gasteiger partial charge in [-0.1, -0.05) is 276 Å². The van der Waals surface area contributed by atoms with Crippen LogP contribution in [-0.4, -0.2) is 69.4 Å². The second-order valence-corrected chi connectivity index (χ2v) is 24.7. The van der Waals surface area contributed by atoms with Gasteiger partial charge in [-0.25, -0.2) is 0 Å². The van der Waals surface area contributed by atoms with E-state index in [1.165, 1.54) is 218 Å². The molecule has 0 heterocycles. The molecule has 0 bridgehead atoms. The summed E-state index contributed by atoms with van der Waals surface area (Å²) < 4.78 is 30.3. The van der Waals surface area contributed by atoms with Gasteiger partial charge in [-0.3, -0.25) is 14.2 Å². The molecule has 1 amide bonds. The topological polar surface area (TPSA) is 114 Å². The number of phosphoric acid groups is 1. The smallest absolute Gasteiger partial charge is 0.306 e. The number of allylic oxidation sites excluding steroid dienone is 5. The number of carbonyl (C=O) groups is 2. The van der Waals surface area contributed by atoms with Crippen LogP contribution in [0.4, 0.5) is 0 Å². The summed E-state index contributed by atoms with van der Waals surface area (Å²) in [5, 5.41) is 3.03. The lowest BCUT2D eigenvalue weighted by Gasteiger charge is -2.30. The maximum Gasteiger partial charge on any atom is 0.306 e. The molecule has 0 aliphatic carbocycles. The zero-order valence-corrected chi connectivity index (χ0v) is 51.4. The number of nitrogens with zero attached hydrogens (tertiary/aromatic N) is 1. The molecule has 0 aliphatic rings. The Morgan fingerprint density at radius 2 is 0.813 bits per heavy atom. The van der Waals surface area contributed by atoms with Crippen LogP contribution in [0.2, 0.25) is 0 Å². The second kappa shape index (κ2) is 55.5. The van der Waals surface area contributed by atoms with Crippen LogP contribution < -0.4 is 10.2 Å². The van der Waals surface area contributed by atoms with Gasteiger partial charge in [-0.05, 0) is 63.9 Å². The Labute approximate surface area is 466 Å². The largest absolute Gasteiger partial charge is 0.756 e. The van der Waals surface area contributed by atoms with Gasteiger partial charge < -0.3 is 28.5 Å². The highest BCUT2D eigenvalue weighted by atomic mass is 31.2. The quantitative estimate of drug-likeness (QED) is 0.0212. The number of hydrogen-bond donors (Lipinski definition) is 1. The molecule has 0 aliphatic heterocycles. The molecule has 75 heavy (non-hydrogen) atoms. The number of amides is 1. The molecule has 0 aromatic rings. The van der Waals surface area contributed by atoms with Crippen LogP contribution in [0.25, 0.3) is 0 Å². The van der Waals surface area contributed by atoms with E-state index in [9.17, 15) is 19.0 Å². The van der Waals surface area contributed by atoms with Gasteiger partial charge in [0.15, 0.2) is 0 Å². The van der Waals surface area contributed by atoms with Crippen LogP contribution in [0.1, 0.15) is 316 Å². The van der Waals surface area contributed by atoms with Crippen LogP contribution >= 0.6 is 7.82 Å². The lowest BCUT2D eigenvalue weighted by Crippen LogP contribution is -2.47. The predicted molar refractivity (Wildman–Crippen MR) is 321 cm³/mol. The van der Waals surface area contributed by atoms with Gasteiger partial charge in [0.2, 0.25) is 5.91 Å². The zero-order chi connectivity index (χ0) is 55.0. The van der Waals surface area contributed by atoms with Gasteiger partial charge in [-0.2, -0.15) is 0 Å². The van der Waals surface area contributed by atoms with Gasteiger partial charge in [0.25, 0.3) is 7.82 Å². The molecule has 0 saturated heterocycles. The summed E-state index contributed by atoms with van der Waals surface area (Å²) in [5.41, 5.74) is 0. The van der Waals surface area contributed by atoms with Crippen molar-refractivity contribution >= 4 is 19.7 Å². The van der Waals surface area contributed by atoms with E-state index in [1.54, 1.807) is 0 Å². The number of unbranched alkanes of at least 4 members (excludes halogenated alkanes) is 39. The number of ether oxygens (including phenoxy) is 1.